The third kappa shape index (κ3) is 1.48. The summed E-state index contributed by atoms with van der Waals surface area (Å²) >= 11 is 1.79. The fourth-order valence-corrected chi connectivity index (χ4v) is 2.66. The quantitative estimate of drug-likeness (QED) is 0.731. The van der Waals surface area contributed by atoms with E-state index in [-0.39, 0.29) is 5.91 Å². The van der Waals surface area contributed by atoms with E-state index >= 15 is 0 Å². The molecule has 2 nitrogen and oxygen atoms in total. The molecule has 3 heteroatoms. The number of thiophene rings is 1. The molecule has 0 aromatic carbocycles. The van der Waals surface area contributed by atoms with E-state index in [4.69, 9.17) is 0 Å². The number of nitrogens with one attached hydrogen (secondary N) is 1. The van der Waals surface area contributed by atoms with Crippen LogP contribution in [0.4, 0.5) is 0 Å². The summed E-state index contributed by atoms with van der Waals surface area (Å²) in [5.74, 6) is 0.632. The number of carbonyl (C=O) groups is 1. The monoisotopic (exact) mass is 195 g/mol. The Morgan fingerprint density at radius 1 is 1.54 bits per heavy atom. The summed E-state index contributed by atoms with van der Waals surface area (Å²) in [4.78, 5) is 14.0. The van der Waals surface area contributed by atoms with Gasteiger partial charge in [-0.15, -0.1) is 11.3 Å². The number of amides is 1. The van der Waals surface area contributed by atoms with Gasteiger partial charge in [0.15, 0.2) is 0 Å². The molecule has 0 spiro atoms. The normalized spacial score (nSPS) is 15.8. The van der Waals surface area contributed by atoms with E-state index in [1.807, 2.05) is 6.07 Å². The lowest BCUT2D eigenvalue weighted by Gasteiger charge is -2.10. The minimum Gasteiger partial charge on any atom is -0.352 e. The molecule has 2 rings (SSSR count). The van der Waals surface area contributed by atoms with Gasteiger partial charge in [-0.2, -0.15) is 0 Å². The Morgan fingerprint density at radius 2 is 2.31 bits per heavy atom. The third-order valence-electron chi connectivity index (χ3n) is 2.28. The molecule has 0 aliphatic carbocycles. The topological polar surface area (TPSA) is 29.1 Å². The first-order chi connectivity index (χ1) is 6.18. The van der Waals surface area contributed by atoms with Crippen molar-refractivity contribution in [3.63, 3.8) is 0 Å². The van der Waals surface area contributed by atoms with Gasteiger partial charge in [-0.1, -0.05) is 13.8 Å². The zero-order chi connectivity index (χ0) is 9.42. The molecule has 1 aliphatic rings. The fourth-order valence-electron chi connectivity index (χ4n) is 1.50. The average molecular weight is 195 g/mol. The van der Waals surface area contributed by atoms with Crippen molar-refractivity contribution in [1.29, 1.82) is 0 Å². The second-order valence-corrected chi connectivity index (χ2v) is 4.81. The standard InChI is InChI=1S/C10H13NOS/c1-6(2)9-5-7-8(13-9)3-4-11-10(7)12/h5-6H,3-4H2,1-2H3,(H,11,12). The van der Waals surface area contributed by atoms with Gasteiger partial charge < -0.3 is 5.32 Å². The van der Waals surface area contributed by atoms with Gasteiger partial charge >= 0.3 is 0 Å². The molecular formula is C10H13NOS. The van der Waals surface area contributed by atoms with E-state index in [0.717, 1.165) is 18.5 Å². The molecule has 1 N–H and O–H groups in total. The van der Waals surface area contributed by atoms with Crippen molar-refractivity contribution in [2.45, 2.75) is 26.2 Å². The summed E-state index contributed by atoms with van der Waals surface area (Å²) in [5.41, 5.74) is 0.903. The molecule has 0 saturated heterocycles. The van der Waals surface area contributed by atoms with Gasteiger partial charge in [0.25, 0.3) is 5.91 Å². The van der Waals surface area contributed by atoms with Crippen LogP contribution < -0.4 is 5.32 Å². The number of carbonyl (C=O) groups excluding carboxylic acids is 1. The predicted molar refractivity (Wildman–Crippen MR) is 54.4 cm³/mol. The van der Waals surface area contributed by atoms with Crippen molar-refractivity contribution in [1.82, 2.24) is 5.32 Å². The van der Waals surface area contributed by atoms with Crippen LogP contribution in [0, 0.1) is 0 Å². The number of rotatable bonds is 1. The molecule has 0 fully saturated rings. The van der Waals surface area contributed by atoms with E-state index in [1.54, 1.807) is 11.3 Å². The van der Waals surface area contributed by atoms with Crippen molar-refractivity contribution < 1.29 is 4.79 Å². The van der Waals surface area contributed by atoms with Crippen LogP contribution in [0.3, 0.4) is 0 Å². The van der Waals surface area contributed by atoms with Crippen LogP contribution in [0.1, 0.15) is 39.9 Å². The lowest BCUT2D eigenvalue weighted by molar-refractivity contribution is 0.0947. The largest absolute Gasteiger partial charge is 0.352 e. The Balaban J connectivity index is 2.42. The number of hydrogen-bond acceptors (Lipinski definition) is 2. The van der Waals surface area contributed by atoms with E-state index in [1.165, 1.54) is 9.75 Å². The van der Waals surface area contributed by atoms with Gasteiger partial charge in [0.2, 0.25) is 0 Å². The first kappa shape index (κ1) is 8.75. The van der Waals surface area contributed by atoms with Crippen molar-refractivity contribution >= 4 is 17.2 Å². The van der Waals surface area contributed by atoms with E-state index in [2.05, 4.69) is 19.2 Å². The summed E-state index contributed by atoms with van der Waals surface area (Å²) in [6.45, 7) is 5.12. The zero-order valence-electron chi connectivity index (χ0n) is 7.89. The molecule has 1 amide bonds. The maximum Gasteiger partial charge on any atom is 0.252 e. The van der Waals surface area contributed by atoms with Gasteiger partial charge in [-0.05, 0) is 18.4 Å². The highest BCUT2D eigenvalue weighted by Crippen LogP contribution is 2.30. The molecule has 13 heavy (non-hydrogen) atoms. The van der Waals surface area contributed by atoms with Crippen molar-refractivity contribution in [2.24, 2.45) is 0 Å². The SMILES string of the molecule is CC(C)c1cc2c(s1)CCNC2=O. The molecule has 1 aromatic rings. The van der Waals surface area contributed by atoms with Crippen molar-refractivity contribution in [3.8, 4) is 0 Å². The highest BCUT2D eigenvalue weighted by Gasteiger charge is 2.20. The molecule has 2 heterocycles. The maximum atomic E-state index is 11.4. The summed E-state index contributed by atoms with van der Waals surface area (Å²) < 4.78 is 0. The minimum atomic E-state index is 0.101. The van der Waals surface area contributed by atoms with Crippen LogP contribution in [0.2, 0.25) is 0 Å². The van der Waals surface area contributed by atoms with E-state index in [9.17, 15) is 4.79 Å². The molecule has 0 saturated carbocycles. The molecular weight excluding hydrogens is 182 g/mol. The second kappa shape index (κ2) is 3.14. The molecule has 1 aromatic heterocycles. The summed E-state index contributed by atoms with van der Waals surface area (Å²) in [6, 6.07) is 2.04. The number of fused-ring (bicyclic) bond motifs is 1. The van der Waals surface area contributed by atoms with Crippen molar-refractivity contribution in [3.05, 3.63) is 21.4 Å². The lowest BCUT2D eigenvalue weighted by atomic mass is 10.1. The van der Waals surface area contributed by atoms with E-state index in [0.29, 0.717) is 5.92 Å². The first-order valence-electron chi connectivity index (χ1n) is 4.59. The van der Waals surface area contributed by atoms with Crippen LogP contribution in [0.25, 0.3) is 0 Å². The molecule has 1 aliphatic heterocycles. The van der Waals surface area contributed by atoms with Gasteiger partial charge in [0, 0.05) is 16.3 Å². The molecule has 0 bridgehead atoms. The van der Waals surface area contributed by atoms with Crippen LogP contribution in [0.15, 0.2) is 6.07 Å². The summed E-state index contributed by atoms with van der Waals surface area (Å²) in [7, 11) is 0. The van der Waals surface area contributed by atoms with Crippen LogP contribution >= 0.6 is 11.3 Å². The first-order valence-corrected chi connectivity index (χ1v) is 5.41. The maximum absolute atomic E-state index is 11.4. The number of hydrogen-bond donors (Lipinski definition) is 1. The fraction of sp³-hybridized carbons (Fsp3) is 0.500. The van der Waals surface area contributed by atoms with Crippen LogP contribution in [0.5, 0.6) is 0 Å². The Kier molecular flexibility index (Phi) is 2.12. The second-order valence-electron chi connectivity index (χ2n) is 3.65. The minimum absolute atomic E-state index is 0.101. The van der Waals surface area contributed by atoms with E-state index < -0.39 is 0 Å². The Morgan fingerprint density at radius 3 is 2.92 bits per heavy atom. The van der Waals surface area contributed by atoms with Gasteiger partial charge in [-0.3, -0.25) is 4.79 Å². The van der Waals surface area contributed by atoms with Gasteiger partial charge in [0.05, 0.1) is 5.56 Å². The Hall–Kier alpha value is -0.830. The molecule has 0 radical (unpaired) electrons. The van der Waals surface area contributed by atoms with Crippen molar-refractivity contribution in [2.75, 3.05) is 6.54 Å². The highest BCUT2D eigenvalue weighted by atomic mass is 32.1. The molecule has 0 atom stereocenters. The van der Waals surface area contributed by atoms with Crippen LogP contribution in [-0.2, 0) is 6.42 Å². The Bertz CT molecular complexity index is 341. The van der Waals surface area contributed by atoms with Gasteiger partial charge in [0.1, 0.15) is 0 Å². The lowest BCUT2D eigenvalue weighted by Crippen LogP contribution is -2.30. The summed E-state index contributed by atoms with van der Waals surface area (Å²) in [5, 5.41) is 2.86. The Labute approximate surface area is 82.0 Å². The molecule has 0 unspecified atom stereocenters. The molecule has 70 valence electrons. The average Bonchev–Trinajstić information content (AvgIpc) is 2.49. The van der Waals surface area contributed by atoms with Gasteiger partial charge in [-0.25, -0.2) is 0 Å². The van der Waals surface area contributed by atoms with Crippen LogP contribution in [-0.4, -0.2) is 12.5 Å². The zero-order valence-corrected chi connectivity index (χ0v) is 8.70. The smallest absolute Gasteiger partial charge is 0.252 e. The highest BCUT2D eigenvalue weighted by molar-refractivity contribution is 7.12. The predicted octanol–water partition coefficient (Wildman–Crippen LogP) is 2.16. The summed E-state index contributed by atoms with van der Waals surface area (Å²) in [6.07, 6.45) is 0.998. The third-order valence-corrected chi connectivity index (χ3v) is 3.77.